The van der Waals surface area contributed by atoms with Gasteiger partial charge in [0.25, 0.3) is 0 Å². The van der Waals surface area contributed by atoms with Crippen molar-refractivity contribution in [3.8, 4) is 16.9 Å². The first-order chi connectivity index (χ1) is 14.9. The molecule has 0 aliphatic rings. The minimum atomic E-state index is 0.184. The Morgan fingerprint density at radius 3 is 1.80 bits per heavy atom. The number of ether oxygens (including phenoxy) is 1. The second-order valence-corrected chi connectivity index (χ2v) is 7.57. The fourth-order valence-corrected chi connectivity index (χ4v) is 3.92. The maximum Gasteiger partial charge on any atom is 0.241 e. The van der Waals surface area contributed by atoms with Gasteiger partial charge < -0.3 is 4.74 Å². The standard InChI is InChI=1S/C28H27BO/c1-2-3-22-30-26-20-18-23(19-21-26)27-16-10-11-17-28(27)29(24-12-6-4-7-13-24)25-14-8-5-9-15-25/h4-21H,2-3,22H2,1H3. The van der Waals surface area contributed by atoms with Crippen molar-refractivity contribution in [3.05, 3.63) is 109 Å². The molecule has 0 N–H and O–H groups in total. The Hall–Kier alpha value is -3.26. The van der Waals surface area contributed by atoms with Crippen LogP contribution >= 0.6 is 0 Å². The van der Waals surface area contributed by atoms with Crippen molar-refractivity contribution in [3.63, 3.8) is 0 Å². The lowest BCUT2D eigenvalue weighted by Gasteiger charge is -2.19. The molecule has 0 saturated heterocycles. The Kier molecular flexibility index (Phi) is 6.66. The number of hydrogen-bond acceptors (Lipinski definition) is 1. The summed E-state index contributed by atoms with van der Waals surface area (Å²) in [7, 11) is 0. The van der Waals surface area contributed by atoms with Gasteiger partial charge in [-0.15, -0.1) is 0 Å². The summed E-state index contributed by atoms with van der Waals surface area (Å²) in [5.41, 5.74) is 6.39. The summed E-state index contributed by atoms with van der Waals surface area (Å²) in [6.45, 7) is 3.14. The minimum Gasteiger partial charge on any atom is -0.494 e. The minimum absolute atomic E-state index is 0.184. The summed E-state index contributed by atoms with van der Waals surface area (Å²) >= 11 is 0. The van der Waals surface area contributed by atoms with Crippen LogP contribution in [-0.4, -0.2) is 13.3 Å². The summed E-state index contributed by atoms with van der Waals surface area (Å²) < 4.78 is 5.85. The maximum absolute atomic E-state index is 5.85. The summed E-state index contributed by atoms with van der Waals surface area (Å²) in [6, 6.07) is 38.8. The maximum atomic E-state index is 5.85. The van der Waals surface area contributed by atoms with Crippen molar-refractivity contribution in [1.29, 1.82) is 0 Å². The summed E-state index contributed by atoms with van der Waals surface area (Å²) in [5, 5.41) is 0. The first-order valence-corrected chi connectivity index (χ1v) is 10.8. The molecule has 0 spiro atoms. The van der Waals surface area contributed by atoms with Gasteiger partial charge >= 0.3 is 0 Å². The van der Waals surface area contributed by atoms with Crippen LogP contribution < -0.4 is 21.1 Å². The van der Waals surface area contributed by atoms with Gasteiger partial charge in [0, 0.05) is 0 Å². The van der Waals surface area contributed by atoms with Crippen molar-refractivity contribution in [2.75, 3.05) is 6.61 Å². The number of hydrogen-bond donors (Lipinski definition) is 0. The van der Waals surface area contributed by atoms with Gasteiger partial charge in [-0.2, -0.15) is 0 Å². The summed E-state index contributed by atoms with van der Waals surface area (Å²) in [6.07, 6.45) is 2.23. The highest BCUT2D eigenvalue weighted by atomic mass is 16.5. The van der Waals surface area contributed by atoms with Gasteiger partial charge in [0.15, 0.2) is 0 Å². The topological polar surface area (TPSA) is 9.23 Å². The molecule has 148 valence electrons. The second-order valence-electron chi connectivity index (χ2n) is 7.57. The fourth-order valence-electron chi connectivity index (χ4n) is 3.92. The lowest BCUT2D eigenvalue weighted by Crippen LogP contribution is -2.52. The normalized spacial score (nSPS) is 10.6. The van der Waals surface area contributed by atoms with Crippen molar-refractivity contribution in [1.82, 2.24) is 0 Å². The molecule has 0 radical (unpaired) electrons. The summed E-state index contributed by atoms with van der Waals surface area (Å²) in [5.74, 6) is 0.937. The average Bonchev–Trinajstić information content (AvgIpc) is 2.82. The third-order valence-corrected chi connectivity index (χ3v) is 5.47. The van der Waals surface area contributed by atoms with E-state index in [-0.39, 0.29) is 6.71 Å². The molecule has 30 heavy (non-hydrogen) atoms. The van der Waals surface area contributed by atoms with Crippen LogP contribution in [0.1, 0.15) is 19.8 Å². The molecule has 4 rings (SSSR count). The molecule has 0 aromatic heterocycles. The van der Waals surface area contributed by atoms with Crippen LogP contribution in [0.5, 0.6) is 5.75 Å². The van der Waals surface area contributed by atoms with Gasteiger partial charge in [-0.05, 0) is 29.7 Å². The Morgan fingerprint density at radius 2 is 1.20 bits per heavy atom. The van der Waals surface area contributed by atoms with E-state index in [2.05, 4.69) is 116 Å². The number of benzene rings is 4. The van der Waals surface area contributed by atoms with Crippen molar-refractivity contribution >= 4 is 23.1 Å². The molecule has 0 aliphatic heterocycles. The SMILES string of the molecule is CCCCOc1ccc(-c2ccccc2B(c2ccccc2)c2ccccc2)cc1. The van der Waals surface area contributed by atoms with Crippen LogP contribution in [0.25, 0.3) is 11.1 Å². The van der Waals surface area contributed by atoms with Gasteiger partial charge in [-0.1, -0.05) is 127 Å². The molecule has 0 atom stereocenters. The zero-order chi connectivity index (χ0) is 20.6. The number of unbranched alkanes of at least 4 members (excludes halogenated alkanes) is 1. The largest absolute Gasteiger partial charge is 0.494 e. The first-order valence-electron chi connectivity index (χ1n) is 10.8. The lowest BCUT2D eigenvalue weighted by atomic mass is 9.36. The molecule has 0 bridgehead atoms. The van der Waals surface area contributed by atoms with E-state index in [1.807, 2.05) is 0 Å². The van der Waals surface area contributed by atoms with E-state index >= 15 is 0 Å². The quantitative estimate of drug-likeness (QED) is 0.302. The highest BCUT2D eigenvalue weighted by Crippen LogP contribution is 2.22. The lowest BCUT2D eigenvalue weighted by molar-refractivity contribution is 0.309. The van der Waals surface area contributed by atoms with E-state index in [0.29, 0.717) is 0 Å². The third-order valence-electron chi connectivity index (χ3n) is 5.47. The van der Waals surface area contributed by atoms with Crippen molar-refractivity contribution in [2.24, 2.45) is 0 Å². The predicted molar refractivity (Wildman–Crippen MR) is 130 cm³/mol. The third kappa shape index (κ3) is 4.66. The highest BCUT2D eigenvalue weighted by molar-refractivity contribution is 6.96. The number of rotatable bonds is 8. The first kappa shape index (κ1) is 20.0. The summed E-state index contributed by atoms with van der Waals surface area (Å²) in [4.78, 5) is 0. The van der Waals surface area contributed by atoms with E-state index in [0.717, 1.165) is 25.2 Å². The fraction of sp³-hybridized carbons (Fsp3) is 0.143. The van der Waals surface area contributed by atoms with Crippen LogP contribution in [0.4, 0.5) is 0 Å². The van der Waals surface area contributed by atoms with E-state index in [1.54, 1.807) is 0 Å². The van der Waals surface area contributed by atoms with Crippen LogP contribution in [0, 0.1) is 0 Å². The van der Waals surface area contributed by atoms with Gasteiger partial charge in [-0.25, -0.2) is 0 Å². The molecule has 0 amide bonds. The average molecular weight is 390 g/mol. The Bertz CT molecular complexity index is 1000. The molecular formula is C28H27BO. The van der Waals surface area contributed by atoms with Crippen LogP contribution in [0.15, 0.2) is 109 Å². The van der Waals surface area contributed by atoms with Gasteiger partial charge in [-0.3, -0.25) is 0 Å². The van der Waals surface area contributed by atoms with Crippen LogP contribution in [0.2, 0.25) is 0 Å². The Morgan fingerprint density at radius 1 is 0.633 bits per heavy atom. The zero-order valence-electron chi connectivity index (χ0n) is 17.5. The van der Waals surface area contributed by atoms with E-state index < -0.39 is 0 Å². The Labute approximate surface area is 180 Å². The van der Waals surface area contributed by atoms with Crippen LogP contribution in [-0.2, 0) is 0 Å². The molecule has 4 aromatic carbocycles. The molecule has 0 heterocycles. The van der Waals surface area contributed by atoms with E-state index in [1.165, 1.54) is 27.5 Å². The second kappa shape index (κ2) is 9.98. The molecule has 0 saturated carbocycles. The van der Waals surface area contributed by atoms with Crippen LogP contribution in [0.3, 0.4) is 0 Å². The van der Waals surface area contributed by atoms with Crippen molar-refractivity contribution < 1.29 is 4.74 Å². The van der Waals surface area contributed by atoms with Gasteiger partial charge in [0.05, 0.1) is 6.61 Å². The molecule has 0 aliphatic carbocycles. The monoisotopic (exact) mass is 390 g/mol. The van der Waals surface area contributed by atoms with E-state index in [9.17, 15) is 0 Å². The smallest absolute Gasteiger partial charge is 0.241 e. The predicted octanol–water partition coefficient (Wildman–Crippen LogP) is 5.05. The van der Waals surface area contributed by atoms with Gasteiger partial charge in [0.1, 0.15) is 5.75 Å². The molecular weight excluding hydrogens is 363 g/mol. The van der Waals surface area contributed by atoms with Gasteiger partial charge in [0.2, 0.25) is 6.71 Å². The molecule has 1 nitrogen and oxygen atoms in total. The van der Waals surface area contributed by atoms with E-state index in [4.69, 9.17) is 4.74 Å². The molecule has 2 heteroatoms. The highest BCUT2D eigenvalue weighted by Gasteiger charge is 2.24. The Balaban J connectivity index is 1.74. The molecule has 0 fully saturated rings. The molecule has 4 aromatic rings. The van der Waals surface area contributed by atoms with Crippen molar-refractivity contribution in [2.45, 2.75) is 19.8 Å². The zero-order valence-corrected chi connectivity index (χ0v) is 17.5. The molecule has 0 unspecified atom stereocenters.